The Morgan fingerprint density at radius 3 is 2.60 bits per heavy atom. The maximum absolute atomic E-state index is 5.74. The van der Waals surface area contributed by atoms with Crippen LogP contribution < -0.4 is 4.74 Å². The normalized spacial score (nSPS) is 10.8. The number of benzene rings is 1. The Hall–Kier alpha value is -3.55. The predicted octanol–water partition coefficient (Wildman–Crippen LogP) is 2.70. The lowest BCUT2D eigenvalue weighted by molar-refractivity contribution is 0.414. The Bertz CT molecular complexity index is 1010. The van der Waals surface area contributed by atoms with Gasteiger partial charge in [-0.25, -0.2) is 4.68 Å². The van der Waals surface area contributed by atoms with E-state index in [0.29, 0.717) is 17.5 Å². The predicted molar refractivity (Wildman–Crippen MR) is 89.2 cm³/mol. The van der Waals surface area contributed by atoms with Gasteiger partial charge in [0.2, 0.25) is 5.89 Å². The highest BCUT2D eigenvalue weighted by molar-refractivity contribution is 5.56. The second-order valence-corrected chi connectivity index (χ2v) is 5.28. The molecule has 0 N–H and O–H groups in total. The van der Waals surface area contributed by atoms with Crippen molar-refractivity contribution in [3.05, 3.63) is 54.5 Å². The molecule has 0 spiro atoms. The van der Waals surface area contributed by atoms with Crippen molar-refractivity contribution in [2.45, 2.75) is 6.92 Å². The van der Waals surface area contributed by atoms with Gasteiger partial charge in [-0.3, -0.25) is 4.98 Å². The molecule has 0 aliphatic rings. The van der Waals surface area contributed by atoms with Gasteiger partial charge in [-0.05, 0) is 31.2 Å². The summed E-state index contributed by atoms with van der Waals surface area (Å²) in [7, 11) is 1.62. The third kappa shape index (κ3) is 2.74. The summed E-state index contributed by atoms with van der Waals surface area (Å²) in [5.74, 6) is 1.47. The Balaban J connectivity index is 1.71. The van der Waals surface area contributed by atoms with Crippen LogP contribution in [0, 0.1) is 6.92 Å². The van der Waals surface area contributed by atoms with Gasteiger partial charge in [-0.2, -0.15) is 0 Å². The molecule has 0 atom stereocenters. The van der Waals surface area contributed by atoms with Crippen molar-refractivity contribution in [1.82, 2.24) is 30.2 Å². The van der Waals surface area contributed by atoms with E-state index in [1.54, 1.807) is 36.3 Å². The van der Waals surface area contributed by atoms with Gasteiger partial charge in [-0.1, -0.05) is 11.3 Å². The summed E-state index contributed by atoms with van der Waals surface area (Å²) >= 11 is 0. The van der Waals surface area contributed by atoms with E-state index in [1.165, 1.54) is 0 Å². The topological polar surface area (TPSA) is 91.8 Å². The molecule has 4 rings (SSSR count). The van der Waals surface area contributed by atoms with E-state index in [-0.39, 0.29) is 0 Å². The van der Waals surface area contributed by atoms with Crippen molar-refractivity contribution in [3.63, 3.8) is 0 Å². The number of nitrogens with zero attached hydrogens (tertiary/aromatic N) is 6. The van der Waals surface area contributed by atoms with E-state index < -0.39 is 0 Å². The quantitative estimate of drug-likeness (QED) is 0.566. The fourth-order valence-electron chi connectivity index (χ4n) is 2.44. The molecule has 0 amide bonds. The largest absolute Gasteiger partial charge is 0.497 e. The molecule has 4 aromatic rings. The van der Waals surface area contributed by atoms with Gasteiger partial charge in [-0.15, -0.1) is 15.3 Å². The van der Waals surface area contributed by atoms with Crippen molar-refractivity contribution in [2.24, 2.45) is 0 Å². The van der Waals surface area contributed by atoms with Crippen LogP contribution in [0.4, 0.5) is 0 Å². The van der Waals surface area contributed by atoms with Crippen molar-refractivity contribution >= 4 is 0 Å². The van der Waals surface area contributed by atoms with Gasteiger partial charge >= 0.3 is 0 Å². The highest BCUT2D eigenvalue weighted by Crippen LogP contribution is 2.26. The molecule has 3 aromatic heterocycles. The molecule has 25 heavy (non-hydrogen) atoms. The summed E-state index contributed by atoms with van der Waals surface area (Å²) in [4.78, 5) is 3.98. The molecule has 0 aliphatic carbocycles. The van der Waals surface area contributed by atoms with Crippen molar-refractivity contribution in [1.29, 1.82) is 0 Å². The van der Waals surface area contributed by atoms with Crippen molar-refractivity contribution in [2.75, 3.05) is 7.11 Å². The van der Waals surface area contributed by atoms with Crippen LogP contribution in [-0.4, -0.2) is 37.3 Å². The fraction of sp³-hybridized carbons (Fsp3) is 0.118. The number of hydrogen-bond donors (Lipinski definition) is 0. The monoisotopic (exact) mass is 334 g/mol. The zero-order valence-electron chi connectivity index (χ0n) is 13.6. The molecule has 0 bridgehead atoms. The average Bonchev–Trinajstić information content (AvgIpc) is 3.29. The minimum absolute atomic E-state index is 0.318. The molecule has 124 valence electrons. The van der Waals surface area contributed by atoms with Crippen LogP contribution in [0.15, 0.2) is 53.2 Å². The van der Waals surface area contributed by atoms with E-state index >= 15 is 0 Å². The Morgan fingerprint density at radius 1 is 1.00 bits per heavy atom. The molecule has 8 nitrogen and oxygen atoms in total. The second kappa shape index (κ2) is 6.16. The van der Waals surface area contributed by atoms with Gasteiger partial charge in [0.05, 0.1) is 18.5 Å². The van der Waals surface area contributed by atoms with Crippen LogP contribution in [0.3, 0.4) is 0 Å². The van der Waals surface area contributed by atoms with Gasteiger partial charge in [0, 0.05) is 24.0 Å². The lowest BCUT2D eigenvalue weighted by Gasteiger charge is -2.05. The first-order chi connectivity index (χ1) is 12.3. The van der Waals surface area contributed by atoms with E-state index in [2.05, 4.69) is 25.5 Å². The molecule has 8 heteroatoms. The van der Waals surface area contributed by atoms with Crippen LogP contribution in [-0.2, 0) is 0 Å². The standard InChI is InChI=1S/C17H14N6O2/c1-11-15(17-21-20-16(25-17)12-6-8-18-9-7-12)19-22-23(11)13-4-3-5-14(10-13)24-2/h3-10H,1-2H3. The summed E-state index contributed by atoms with van der Waals surface area (Å²) < 4.78 is 12.7. The number of ether oxygens (including phenoxy) is 1. The van der Waals surface area contributed by atoms with Crippen molar-refractivity contribution in [3.8, 4) is 34.5 Å². The molecule has 1 aromatic carbocycles. The zero-order chi connectivity index (χ0) is 17.2. The Kier molecular flexibility index (Phi) is 3.70. The summed E-state index contributed by atoms with van der Waals surface area (Å²) in [6, 6.07) is 11.2. The summed E-state index contributed by atoms with van der Waals surface area (Å²) in [6.07, 6.45) is 3.34. The third-order valence-corrected chi connectivity index (χ3v) is 3.75. The third-order valence-electron chi connectivity index (χ3n) is 3.75. The smallest absolute Gasteiger partial charge is 0.270 e. The molecule has 0 saturated carbocycles. The number of hydrogen-bond acceptors (Lipinski definition) is 7. The molecule has 0 unspecified atom stereocenters. The number of aromatic nitrogens is 6. The fourth-order valence-corrected chi connectivity index (χ4v) is 2.44. The molecule has 3 heterocycles. The SMILES string of the molecule is COc1cccc(-n2nnc(-c3nnc(-c4ccncc4)o3)c2C)c1. The van der Waals surface area contributed by atoms with E-state index in [1.807, 2.05) is 31.2 Å². The summed E-state index contributed by atoms with van der Waals surface area (Å²) in [5.41, 5.74) is 2.96. The minimum atomic E-state index is 0.318. The van der Waals surface area contributed by atoms with Crippen molar-refractivity contribution < 1.29 is 9.15 Å². The average molecular weight is 334 g/mol. The molecule has 0 radical (unpaired) electrons. The van der Waals surface area contributed by atoms with Crippen LogP contribution in [0.1, 0.15) is 5.69 Å². The lowest BCUT2D eigenvalue weighted by atomic mass is 10.2. The zero-order valence-corrected chi connectivity index (χ0v) is 13.6. The lowest BCUT2D eigenvalue weighted by Crippen LogP contribution is -1.99. The number of pyridine rings is 1. The van der Waals surface area contributed by atoms with Gasteiger partial charge in [0.25, 0.3) is 5.89 Å². The molecular formula is C17H14N6O2. The molecule has 0 aliphatic heterocycles. The highest BCUT2D eigenvalue weighted by Gasteiger charge is 2.18. The van der Waals surface area contributed by atoms with E-state index in [9.17, 15) is 0 Å². The highest BCUT2D eigenvalue weighted by atomic mass is 16.5. The van der Waals surface area contributed by atoms with Gasteiger partial charge in [0.1, 0.15) is 5.75 Å². The molecular weight excluding hydrogens is 320 g/mol. The van der Waals surface area contributed by atoms with Crippen LogP contribution in [0.2, 0.25) is 0 Å². The molecule has 0 saturated heterocycles. The van der Waals surface area contributed by atoms with Crippen LogP contribution in [0.5, 0.6) is 5.75 Å². The first-order valence-corrected chi connectivity index (χ1v) is 7.57. The maximum atomic E-state index is 5.74. The van der Waals surface area contributed by atoms with E-state index in [0.717, 1.165) is 22.7 Å². The summed E-state index contributed by atoms with van der Waals surface area (Å²) in [5, 5.41) is 16.5. The maximum Gasteiger partial charge on any atom is 0.270 e. The minimum Gasteiger partial charge on any atom is -0.497 e. The van der Waals surface area contributed by atoms with Gasteiger partial charge < -0.3 is 9.15 Å². The first kappa shape index (κ1) is 15.0. The number of methoxy groups -OCH3 is 1. The summed E-state index contributed by atoms with van der Waals surface area (Å²) in [6.45, 7) is 1.89. The Morgan fingerprint density at radius 2 is 1.80 bits per heavy atom. The first-order valence-electron chi connectivity index (χ1n) is 7.57. The van der Waals surface area contributed by atoms with Gasteiger partial charge in [0.15, 0.2) is 5.69 Å². The van der Waals surface area contributed by atoms with Crippen LogP contribution in [0.25, 0.3) is 28.7 Å². The number of rotatable bonds is 4. The second-order valence-electron chi connectivity index (χ2n) is 5.28. The Labute approximate surface area is 143 Å². The van der Waals surface area contributed by atoms with Crippen LogP contribution >= 0.6 is 0 Å². The van der Waals surface area contributed by atoms with E-state index in [4.69, 9.17) is 9.15 Å². The molecule has 0 fully saturated rings.